The van der Waals surface area contributed by atoms with Gasteiger partial charge < -0.3 is 20.1 Å². The van der Waals surface area contributed by atoms with Crippen LogP contribution in [0.5, 0.6) is 11.5 Å². The number of aromatic nitrogens is 1. The van der Waals surface area contributed by atoms with Crippen LogP contribution >= 0.6 is 11.3 Å². The minimum absolute atomic E-state index is 0.288. The normalized spacial score (nSPS) is 15.9. The van der Waals surface area contributed by atoms with Gasteiger partial charge in [0.15, 0.2) is 11.5 Å². The number of rotatable bonds is 5. The summed E-state index contributed by atoms with van der Waals surface area (Å²) in [5, 5.41) is 6.92. The quantitative estimate of drug-likeness (QED) is 0.443. The Hall–Kier alpha value is -3.84. The third-order valence-electron chi connectivity index (χ3n) is 5.40. The Morgan fingerprint density at radius 1 is 0.906 bits per heavy atom. The topological polar surface area (TPSA) is 72.5 Å². The monoisotopic (exact) mass is 443 g/mol. The van der Waals surface area contributed by atoms with E-state index in [4.69, 9.17) is 14.5 Å². The number of carbonyl (C=O) groups excluding carboxylic acids is 1. The van der Waals surface area contributed by atoms with E-state index in [1.807, 2.05) is 66.7 Å². The van der Waals surface area contributed by atoms with E-state index in [9.17, 15) is 4.79 Å². The SMILES string of the molecule is COc1cccc([C@@H]2NC(=O)NC(c3ccccc3)=C2c2nc3ccccc3s2)c1OC. The molecular weight excluding hydrogens is 422 g/mol. The van der Waals surface area contributed by atoms with Crippen molar-refractivity contribution in [1.29, 1.82) is 0 Å². The maximum Gasteiger partial charge on any atom is 0.320 e. The number of nitrogens with one attached hydrogen (secondary N) is 2. The third-order valence-corrected chi connectivity index (χ3v) is 6.47. The van der Waals surface area contributed by atoms with Crippen LogP contribution in [-0.4, -0.2) is 25.2 Å². The fourth-order valence-electron chi connectivity index (χ4n) is 3.99. The van der Waals surface area contributed by atoms with Crippen LogP contribution < -0.4 is 20.1 Å². The first-order valence-corrected chi connectivity index (χ1v) is 10.9. The number of amides is 2. The molecule has 4 aromatic rings. The van der Waals surface area contributed by atoms with E-state index in [2.05, 4.69) is 16.7 Å². The van der Waals surface area contributed by atoms with E-state index in [1.54, 1.807) is 25.6 Å². The number of fused-ring (bicyclic) bond motifs is 1. The Labute approximate surface area is 189 Å². The predicted octanol–water partition coefficient (Wildman–Crippen LogP) is 5.24. The van der Waals surface area contributed by atoms with Gasteiger partial charge in [-0.1, -0.05) is 54.6 Å². The summed E-state index contributed by atoms with van der Waals surface area (Å²) in [7, 11) is 3.20. The van der Waals surface area contributed by atoms with E-state index in [-0.39, 0.29) is 6.03 Å². The van der Waals surface area contributed by atoms with Gasteiger partial charge in [-0.25, -0.2) is 9.78 Å². The molecule has 0 radical (unpaired) electrons. The molecule has 1 aliphatic heterocycles. The van der Waals surface area contributed by atoms with Gasteiger partial charge in [0.2, 0.25) is 0 Å². The van der Waals surface area contributed by atoms with Crippen molar-refractivity contribution >= 4 is 38.9 Å². The zero-order valence-electron chi connectivity index (χ0n) is 17.6. The van der Waals surface area contributed by atoms with Gasteiger partial charge in [-0.2, -0.15) is 0 Å². The highest BCUT2D eigenvalue weighted by atomic mass is 32.1. The summed E-state index contributed by atoms with van der Waals surface area (Å²) in [6, 6.07) is 22.7. The lowest BCUT2D eigenvalue weighted by Gasteiger charge is -2.31. The summed E-state index contributed by atoms with van der Waals surface area (Å²) in [4.78, 5) is 17.7. The molecule has 0 bridgehead atoms. The number of benzene rings is 3. The third kappa shape index (κ3) is 3.46. The lowest BCUT2D eigenvalue weighted by Crippen LogP contribution is -2.43. The van der Waals surface area contributed by atoms with Crippen LogP contribution in [0.25, 0.3) is 21.5 Å². The zero-order chi connectivity index (χ0) is 22.1. The highest BCUT2D eigenvalue weighted by Gasteiger charge is 2.34. The van der Waals surface area contributed by atoms with Crippen molar-refractivity contribution in [1.82, 2.24) is 15.6 Å². The minimum Gasteiger partial charge on any atom is -0.493 e. The first kappa shape index (κ1) is 20.1. The van der Waals surface area contributed by atoms with Crippen molar-refractivity contribution in [2.75, 3.05) is 14.2 Å². The maximum absolute atomic E-state index is 12.8. The second-order valence-corrected chi connectivity index (χ2v) is 8.29. The Morgan fingerprint density at radius 3 is 2.44 bits per heavy atom. The zero-order valence-corrected chi connectivity index (χ0v) is 18.4. The van der Waals surface area contributed by atoms with Crippen molar-refractivity contribution in [3.8, 4) is 11.5 Å². The van der Waals surface area contributed by atoms with Gasteiger partial charge in [-0.3, -0.25) is 0 Å². The van der Waals surface area contributed by atoms with Gasteiger partial charge in [0.25, 0.3) is 0 Å². The smallest absolute Gasteiger partial charge is 0.320 e. The van der Waals surface area contributed by atoms with E-state index < -0.39 is 6.04 Å². The molecule has 6 nitrogen and oxygen atoms in total. The molecular formula is C25H21N3O3S. The van der Waals surface area contributed by atoms with Gasteiger partial charge in [0.05, 0.1) is 36.2 Å². The molecule has 160 valence electrons. The number of urea groups is 1. The number of hydrogen-bond acceptors (Lipinski definition) is 5. The number of para-hydroxylation sites is 2. The Balaban J connectivity index is 1.80. The molecule has 0 unspecified atom stereocenters. The molecule has 0 spiro atoms. The number of methoxy groups -OCH3 is 2. The molecule has 1 aliphatic rings. The largest absolute Gasteiger partial charge is 0.493 e. The van der Waals surface area contributed by atoms with E-state index >= 15 is 0 Å². The number of carbonyl (C=O) groups is 1. The fourth-order valence-corrected chi connectivity index (χ4v) is 5.03. The van der Waals surface area contributed by atoms with Crippen molar-refractivity contribution < 1.29 is 14.3 Å². The van der Waals surface area contributed by atoms with Crippen LogP contribution in [0.4, 0.5) is 4.79 Å². The molecule has 2 amide bonds. The van der Waals surface area contributed by atoms with Crippen LogP contribution in [0.15, 0.2) is 72.8 Å². The van der Waals surface area contributed by atoms with Gasteiger partial charge >= 0.3 is 6.03 Å². The second-order valence-electron chi connectivity index (χ2n) is 7.26. The average Bonchev–Trinajstić information content (AvgIpc) is 3.27. The van der Waals surface area contributed by atoms with Crippen molar-refractivity contribution in [2.45, 2.75) is 6.04 Å². The Bertz CT molecular complexity index is 1300. The van der Waals surface area contributed by atoms with Crippen LogP contribution in [0.1, 0.15) is 22.2 Å². The van der Waals surface area contributed by atoms with Gasteiger partial charge in [0.1, 0.15) is 5.01 Å². The molecule has 0 saturated carbocycles. The van der Waals surface area contributed by atoms with Crippen LogP contribution in [0.2, 0.25) is 0 Å². The maximum atomic E-state index is 12.8. The second kappa shape index (κ2) is 8.36. The predicted molar refractivity (Wildman–Crippen MR) is 127 cm³/mol. The average molecular weight is 444 g/mol. The summed E-state index contributed by atoms with van der Waals surface area (Å²) < 4.78 is 12.3. The molecule has 1 aromatic heterocycles. The molecule has 0 fully saturated rings. The lowest BCUT2D eigenvalue weighted by molar-refractivity contribution is 0.241. The Morgan fingerprint density at radius 2 is 1.69 bits per heavy atom. The summed E-state index contributed by atoms with van der Waals surface area (Å²) in [6.07, 6.45) is 0. The van der Waals surface area contributed by atoms with Crippen LogP contribution in [0.3, 0.4) is 0 Å². The molecule has 5 rings (SSSR count). The summed E-state index contributed by atoms with van der Waals surface area (Å²) >= 11 is 1.59. The van der Waals surface area contributed by atoms with Gasteiger partial charge in [-0.05, 0) is 23.8 Å². The van der Waals surface area contributed by atoms with E-state index in [0.717, 1.165) is 37.6 Å². The van der Waals surface area contributed by atoms with E-state index in [0.29, 0.717) is 11.5 Å². The minimum atomic E-state index is -0.482. The molecule has 0 saturated heterocycles. The van der Waals surface area contributed by atoms with Crippen molar-refractivity contribution in [3.05, 3.63) is 88.9 Å². The fraction of sp³-hybridized carbons (Fsp3) is 0.120. The molecule has 2 N–H and O–H groups in total. The van der Waals surface area contributed by atoms with E-state index in [1.165, 1.54) is 0 Å². The summed E-state index contributed by atoms with van der Waals surface area (Å²) in [6.45, 7) is 0. The Kier molecular flexibility index (Phi) is 5.25. The summed E-state index contributed by atoms with van der Waals surface area (Å²) in [5.74, 6) is 1.18. The standard InChI is InChI=1S/C25H21N3O3S/c1-30-18-13-8-11-16(23(18)31-2)22-20(24-26-17-12-6-7-14-19(17)32-24)21(27-25(29)28-22)15-9-4-3-5-10-15/h3-14,22H,1-2H3,(H2,27,28,29)/t22-/m0/s1. The molecule has 3 aromatic carbocycles. The number of ether oxygens (including phenoxy) is 2. The highest BCUT2D eigenvalue weighted by molar-refractivity contribution is 7.19. The van der Waals surface area contributed by atoms with Crippen LogP contribution in [0, 0.1) is 0 Å². The van der Waals surface area contributed by atoms with Crippen LogP contribution in [-0.2, 0) is 0 Å². The first-order valence-electron chi connectivity index (χ1n) is 10.1. The molecule has 1 atom stereocenters. The number of thiazole rings is 1. The molecule has 2 heterocycles. The lowest BCUT2D eigenvalue weighted by atomic mass is 9.92. The molecule has 0 aliphatic carbocycles. The van der Waals surface area contributed by atoms with Crippen molar-refractivity contribution in [2.24, 2.45) is 0 Å². The number of hydrogen-bond donors (Lipinski definition) is 2. The van der Waals surface area contributed by atoms with Gasteiger partial charge in [0, 0.05) is 11.1 Å². The molecule has 7 heteroatoms. The van der Waals surface area contributed by atoms with Gasteiger partial charge in [-0.15, -0.1) is 11.3 Å². The highest BCUT2D eigenvalue weighted by Crippen LogP contribution is 2.45. The first-order chi connectivity index (χ1) is 15.7. The van der Waals surface area contributed by atoms with Crippen molar-refractivity contribution in [3.63, 3.8) is 0 Å². The molecule has 32 heavy (non-hydrogen) atoms. The summed E-state index contributed by atoms with van der Waals surface area (Å²) in [5.41, 5.74) is 4.22. The number of nitrogens with zero attached hydrogens (tertiary/aromatic N) is 1.